The number of amides is 1. The van der Waals surface area contributed by atoms with E-state index in [1.54, 1.807) is 6.20 Å². The van der Waals surface area contributed by atoms with Crippen molar-refractivity contribution in [3.8, 4) is 0 Å². The summed E-state index contributed by atoms with van der Waals surface area (Å²) in [5, 5.41) is 0. The van der Waals surface area contributed by atoms with Gasteiger partial charge in [-0.15, -0.1) is 0 Å². The number of pyridine rings is 1. The van der Waals surface area contributed by atoms with Crippen LogP contribution in [0.4, 0.5) is 11.5 Å². The number of aromatic nitrogens is 1. The van der Waals surface area contributed by atoms with Crippen molar-refractivity contribution in [1.29, 1.82) is 0 Å². The minimum absolute atomic E-state index is 0.156. The Hall–Kier alpha value is -1.30. The average molecular weight is 327 g/mol. The normalized spacial score (nSPS) is 14.8. The molecule has 2 N–H and O–H groups in total. The van der Waals surface area contributed by atoms with Crippen molar-refractivity contribution < 1.29 is 4.79 Å². The summed E-state index contributed by atoms with van der Waals surface area (Å²) in [5.41, 5.74) is 7.40. The molecule has 1 fully saturated rings. The Labute approximate surface area is 121 Å². The lowest BCUT2D eigenvalue weighted by Crippen LogP contribution is -2.37. The number of nitrogens with zero attached hydrogens (tertiary/aromatic N) is 3. The minimum Gasteiger partial charge on any atom is -0.397 e. The van der Waals surface area contributed by atoms with Gasteiger partial charge in [0.1, 0.15) is 5.82 Å². The van der Waals surface area contributed by atoms with Crippen LogP contribution in [0.2, 0.25) is 0 Å². The second-order valence-corrected chi connectivity index (χ2v) is 5.71. The number of carbonyl (C=O) groups excluding carboxylic acids is 1. The van der Waals surface area contributed by atoms with Gasteiger partial charge < -0.3 is 15.5 Å². The zero-order valence-corrected chi connectivity index (χ0v) is 12.9. The number of carbonyl (C=O) groups is 1. The Kier molecular flexibility index (Phi) is 4.29. The molecule has 19 heavy (non-hydrogen) atoms. The summed E-state index contributed by atoms with van der Waals surface area (Å²) < 4.78 is 0.851. The van der Waals surface area contributed by atoms with Crippen molar-refractivity contribution in [1.82, 2.24) is 9.88 Å². The van der Waals surface area contributed by atoms with Gasteiger partial charge in [-0.3, -0.25) is 4.79 Å². The van der Waals surface area contributed by atoms with Gasteiger partial charge in [0.25, 0.3) is 0 Å². The molecule has 2 rings (SSSR count). The molecule has 104 valence electrons. The molecule has 1 aliphatic heterocycles. The maximum atomic E-state index is 12.1. The fraction of sp³-hybridized carbons (Fsp3) is 0.538. The van der Waals surface area contributed by atoms with Gasteiger partial charge >= 0.3 is 0 Å². The molecule has 0 radical (unpaired) electrons. The molecule has 1 aromatic rings. The Morgan fingerprint density at radius 1 is 1.53 bits per heavy atom. The summed E-state index contributed by atoms with van der Waals surface area (Å²) in [6, 6.07) is 0. The van der Waals surface area contributed by atoms with E-state index in [9.17, 15) is 4.79 Å². The topological polar surface area (TPSA) is 62.5 Å². The highest BCUT2D eigenvalue weighted by atomic mass is 79.9. The second kappa shape index (κ2) is 5.77. The summed E-state index contributed by atoms with van der Waals surface area (Å²) in [6.45, 7) is 4.03. The van der Waals surface area contributed by atoms with E-state index in [1.807, 2.05) is 23.8 Å². The van der Waals surface area contributed by atoms with Crippen molar-refractivity contribution in [2.24, 2.45) is 0 Å². The smallest absolute Gasteiger partial charge is 0.242 e. The third-order valence-electron chi connectivity index (χ3n) is 3.48. The van der Waals surface area contributed by atoms with Crippen LogP contribution >= 0.6 is 15.9 Å². The van der Waals surface area contributed by atoms with Gasteiger partial charge in [-0.05, 0) is 41.3 Å². The van der Waals surface area contributed by atoms with Crippen LogP contribution in [0.25, 0.3) is 0 Å². The molecule has 1 amide bonds. The molecule has 0 aliphatic carbocycles. The Morgan fingerprint density at radius 3 is 2.79 bits per heavy atom. The molecule has 0 spiro atoms. The van der Waals surface area contributed by atoms with Crippen LogP contribution < -0.4 is 10.6 Å². The number of nitrogens with two attached hydrogens (primary N) is 1. The molecule has 0 unspecified atom stereocenters. The van der Waals surface area contributed by atoms with E-state index in [0.29, 0.717) is 12.2 Å². The number of halogens is 1. The lowest BCUT2D eigenvalue weighted by molar-refractivity contribution is -0.128. The fourth-order valence-corrected chi connectivity index (χ4v) is 2.82. The van der Waals surface area contributed by atoms with Gasteiger partial charge in [0.15, 0.2) is 0 Å². The van der Waals surface area contributed by atoms with Crippen molar-refractivity contribution in [2.75, 3.05) is 37.3 Å². The molecule has 0 saturated carbocycles. The van der Waals surface area contributed by atoms with Crippen LogP contribution in [-0.4, -0.2) is 42.5 Å². The third kappa shape index (κ3) is 3.00. The summed E-state index contributed by atoms with van der Waals surface area (Å²) in [7, 11) is 1.87. The Morgan fingerprint density at radius 2 is 2.16 bits per heavy atom. The molecular weight excluding hydrogens is 308 g/mol. The van der Waals surface area contributed by atoms with Gasteiger partial charge in [-0.2, -0.15) is 0 Å². The quantitative estimate of drug-likeness (QED) is 0.919. The van der Waals surface area contributed by atoms with E-state index in [0.717, 1.165) is 41.8 Å². The lowest BCUT2D eigenvalue weighted by Gasteiger charge is -2.23. The Balaban J connectivity index is 2.09. The fourth-order valence-electron chi connectivity index (χ4n) is 2.19. The first-order chi connectivity index (χ1) is 9.00. The standard InChI is InChI=1S/C13H19BrN4O/c1-9-10(15)7-16-13(12(9)14)17(2)8-11(19)18-5-3-4-6-18/h7H,3-6,8,15H2,1-2H3. The largest absolute Gasteiger partial charge is 0.397 e. The first-order valence-electron chi connectivity index (χ1n) is 6.40. The van der Waals surface area contributed by atoms with E-state index in [2.05, 4.69) is 20.9 Å². The van der Waals surface area contributed by atoms with Crippen LogP contribution in [0.3, 0.4) is 0 Å². The van der Waals surface area contributed by atoms with Gasteiger partial charge in [-0.1, -0.05) is 0 Å². The van der Waals surface area contributed by atoms with Crippen molar-refractivity contribution >= 4 is 33.3 Å². The molecule has 5 nitrogen and oxygen atoms in total. The molecule has 1 aliphatic rings. The monoisotopic (exact) mass is 326 g/mol. The maximum Gasteiger partial charge on any atom is 0.242 e. The highest BCUT2D eigenvalue weighted by Gasteiger charge is 2.21. The molecular formula is C13H19BrN4O. The molecule has 0 bridgehead atoms. The SMILES string of the molecule is Cc1c(N)cnc(N(C)CC(=O)N2CCCC2)c1Br. The third-order valence-corrected chi connectivity index (χ3v) is 4.43. The first-order valence-corrected chi connectivity index (χ1v) is 7.19. The number of rotatable bonds is 3. The number of hydrogen-bond donors (Lipinski definition) is 1. The zero-order chi connectivity index (χ0) is 14.0. The summed E-state index contributed by atoms with van der Waals surface area (Å²) in [6.07, 6.45) is 3.85. The zero-order valence-electron chi connectivity index (χ0n) is 11.3. The average Bonchev–Trinajstić information content (AvgIpc) is 2.89. The maximum absolute atomic E-state index is 12.1. The van der Waals surface area contributed by atoms with Crippen LogP contribution in [-0.2, 0) is 4.79 Å². The van der Waals surface area contributed by atoms with Gasteiger partial charge in [0.05, 0.1) is 22.9 Å². The molecule has 0 atom stereocenters. The van der Waals surface area contributed by atoms with Crippen molar-refractivity contribution in [3.05, 3.63) is 16.2 Å². The van der Waals surface area contributed by atoms with E-state index < -0.39 is 0 Å². The van der Waals surface area contributed by atoms with E-state index in [-0.39, 0.29) is 5.91 Å². The van der Waals surface area contributed by atoms with E-state index in [1.165, 1.54) is 0 Å². The number of likely N-dealkylation sites (tertiary alicyclic amines) is 1. The lowest BCUT2D eigenvalue weighted by atomic mass is 10.2. The molecule has 1 saturated heterocycles. The molecule has 2 heterocycles. The summed E-state index contributed by atoms with van der Waals surface area (Å²) >= 11 is 3.50. The summed E-state index contributed by atoms with van der Waals surface area (Å²) in [5.74, 6) is 0.905. The predicted molar refractivity (Wildman–Crippen MR) is 80.2 cm³/mol. The van der Waals surface area contributed by atoms with Crippen LogP contribution in [0.15, 0.2) is 10.7 Å². The van der Waals surface area contributed by atoms with Gasteiger partial charge in [0.2, 0.25) is 5.91 Å². The van der Waals surface area contributed by atoms with Gasteiger partial charge in [0, 0.05) is 20.1 Å². The van der Waals surface area contributed by atoms with Crippen molar-refractivity contribution in [2.45, 2.75) is 19.8 Å². The highest BCUT2D eigenvalue weighted by Crippen LogP contribution is 2.29. The molecule has 0 aromatic carbocycles. The van der Waals surface area contributed by atoms with Crippen molar-refractivity contribution in [3.63, 3.8) is 0 Å². The summed E-state index contributed by atoms with van der Waals surface area (Å²) in [4.78, 5) is 20.2. The minimum atomic E-state index is 0.156. The Bertz CT molecular complexity index is 486. The number of hydrogen-bond acceptors (Lipinski definition) is 4. The van der Waals surface area contributed by atoms with E-state index >= 15 is 0 Å². The van der Waals surface area contributed by atoms with E-state index in [4.69, 9.17) is 5.73 Å². The van der Waals surface area contributed by atoms with Crippen LogP contribution in [0, 0.1) is 6.92 Å². The predicted octanol–water partition coefficient (Wildman–Crippen LogP) is 1.79. The van der Waals surface area contributed by atoms with Crippen LogP contribution in [0.1, 0.15) is 18.4 Å². The highest BCUT2D eigenvalue weighted by molar-refractivity contribution is 9.10. The molecule has 6 heteroatoms. The molecule has 1 aromatic heterocycles. The van der Waals surface area contributed by atoms with Crippen LogP contribution in [0.5, 0.6) is 0 Å². The van der Waals surface area contributed by atoms with Gasteiger partial charge in [-0.25, -0.2) is 4.98 Å². The number of nitrogen functional groups attached to an aromatic ring is 1. The first kappa shape index (κ1) is 14.1. The number of likely N-dealkylation sites (N-methyl/N-ethyl adjacent to an activating group) is 1. The second-order valence-electron chi connectivity index (χ2n) is 4.92. The number of anilines is 2.